The summed E-state index contributed by atoms with van der Waals surface area (Å²) >= 11 is 0. The molecule has 0 saturated carbocycles. The summed E-state index contributed by atoms with van der Waals surface area (Å²) in [5, 5.41) is 12.7. The van der Waals surface area contributed by atoms with Crippen molar-refractivity contribution in [3.63, 3.8) is 0 Å². The van der Waals surface area contributed by atoms with E-state index in [0.29, 0.717) is 6.54 Å². The van der Waals surface area contributed by atoms with Crippen LogP contribution in [0.1, 0.15) is 12.8 Å². The Kier molecular flexibility index (Phi) is 3.87. The van der Waals surface area contributed by atoms with Gasteiger partial charge in [0.25, 0.3) is 0 Å². The van der Waals surface area contributed by atoms with Crippen LogP contribution in [0.15, 0.2) is 5.11 Å². The molecular formula is C7H14N4O. The second kappa shape index (κ2) is 4.98. The van der Waals surface area contributed by atoms with Crippen LogP contribution < -0.4 is 0 Å². The topological polar surface area (TPSA) is 72.2 Å². The van der Waals surface area contributed by atoms with Crippen molar-refractivity contribution < 1.29 is 5.11 Å². The predicted molar refractivity (Wildman–Crippen MR) is 45.7 cm³/mol. The van der Waals surface area contributed by atoms with Crippen LogP contribution in [0.5, 0.6) is 0 Å². The van der Waals surface area contributed by atoms with Gasteiger partial charge in [-0.25, -0.2) is 0 Å². The van der Waals surface area contributed by atoms with Gasteiger partial charge in [0.05, 0.1) is 6.10 Å². The molecule has 1 fully saturated rings. The molecule has 0 aliphatic carbocycles. The average molecular weight is 170 g/mol. The summed E-state index contributed by atoms with van der Waals surface area (Å²) in [6, 6.07) is 0. The lowest BCUT2D eigenvalue weighted by atomic mass is 10.1. The van der Waals surface area contributed by atoms with E-state index in [9.17, 15) is 5.11 Å². The van der Waals surface area contributed by atoms with Gasteiger partial charge in [0.15, 0.2) is 0 Å². The Morgan fingerprint density at radius 3 is 3.17 bits per heavy atom. The van der Waals surface area contributed by atoms with E-state index in [1.54, 1.807) is 0 Å². The maximum absolute atomic E-state index is 9.29. The van der Waals surface area contributed by atoms with Crippen molar-refractivity contribution in [1.29, 1.82) is 0 Å². The lowest BCUT2D eigenvalue weighted by molar-refractivity contribution is 0.0725. The zero-order valence-corrected chi connectivity index (χ0v) is 7.06. The maximum Gasteiger partial charge on any atom is 0.0667 e. The van der Waals surface area contributed by atoms with E-state index in [-0.39, 0.29) is 6.10 Å². The molecule has 0 bridgehead atoms. The van der Waals surface area contributed by atoms with Gasteiger partial charge < -0.3 is 10.0 Å². The SMILES string of the molecule is [N-]=[N+]=NCCN1CCCC(O)C1. The molecule has 68 valence electrons. The highest BCUT2D eigenvalue weighted by molar-refractivity contribution is 4.71. The lowest BCUT2D eigenvalue weighted by Gasteiger charge is -2.29. The van der Waals surface area contributed by atoms with Crippen molar-refractivity contribution in [3.05, 3.63) is 10.4 Å². The molecule has 0 amide bonds. The second-order valence-corrected chi connectivity index (χ2v) is 3.05. The standard InChI is InChI=1S/C7H14N4O/c8-10-9-3-5-11-4-1-2-7(12)6-11/h7,12H,1-6H2. The first kappa shape index (κ1) is 9.32. The molecule has 5 nitrogen and oxygen atoms in total. The van der Waals surface area contributed by atoms with E-state index >= 15 is 0 Å². The van der Waals surface area contributed by atoms with E-state index in [1.807, 2.05) is 0 Å². The van der Waals surface area contributed by atoms with Gasteiger partial charge in [0.1, 0.15) is 0 Å². The third kappa shape index (κ3) is 3.09. The monoisotopic (exact) mass is 170 g/mol. The molecular weight excluding hydrogens is 156 g/mol. The van der Waals surface area contributed by atoms with Gasteiger partial charge in [-0.2, -0.15) is 0 Å². The second-order valence-electron chi connectivity index (χ2n) is 3.05. The van der Waals surface area contributed by atoms with Gasteiger partial charge in [-0.1, -0.05) is 5.11 Å². The van der Waals surface area contributed by atoms with Crippen LogP contribution in [0, 0.1) is 0 Å². The summed E-state index contributed by atoms with van der Waals surface area (Å²) in [6.45, 7) is 3.00. The number of rotatable bonds is 3. The van der Waals surface area contributed by atoms with Crippen LogP contribution in [0.2, 0.25) is 0 Å². The molecule has 1 aliphatic rings. The molecule has 1 rings (SSSR count). The minimum absolute atomic E-state index is 0.190. The summed E-state index contributed by atoms with van der Waals surface area (Å²) < 4.78 is 0. The van der Waals surface area contributed by atoms with Gasteiger partial charge in [-0.15, -0.1) is 0 Å². The fourth-order valence-corrected chi connectivity index (χ4v) is 1.47. The molecule has 1 unspecified atom stereocenters. The zero-order chi connectivity index (χ0) is 8.81. The van der Waals surface area contributed by atoms with Crippen LogP contribution >= 0.6 is 0 Å². The van der Waals surface area contributed by atoms with Gasteiger partial charge in [-0.3, -0.25) is 0 Å². The van der Waals surface area contributed by atoms with Crippen molar-refractivity contribution in [2.45, 2.75) is 18.9 Å². The molecule has 12 heavy (non-hydrogen) atoms. The van der Waals surface area contributed by atoms with Gasteiger partial charge in [0, 0.05) is 24.5 Å². The molecule has 0 radical (unpaired) electrons. The fourth-order valence-electron chi connectivity index (χ4n) is 1.47. The van der Waals surface area contributed by atoms with E-state index in [1.165, 1.54) is 0 Å². The molecule has 1 heterocycles. The van der Waals surface area contributed by atoms with Crippen LogP contribution in [-0.2, 0) is 0 Å². The highest BCUT2D eigenvalue weighted by atomic mass is 16.3. The van der Waals surface area contributed by atoms with Gasteiger partial charge >= 0.3 is 0 Å². The summed E-state index contributed by atoms with van der Waals surface area (Å²) in [6.07, 6.45) is 1.75. The van der Waals surface area contributed by atoms with Crippen molar-refractivity contribution in [2.75, 3.05) is 26.2 Å². The Hall–Kier alpha value is -0.770. The number of piperidine rings is 1. The van der Waals surface area contributed by atoms with E-state index < -0.39 is 0 Å². The molecule has 0 aromatic heterocycles. The highest BCUT2D eigenvalue weighted by Crippen LogP contribution is 2.08. The first-order valence-corrected chi connectivity index (χ1v) is 4.24. The molecule has 1 aliphatic heterocycles. The third-order valence-corrected chi connectivity index (χ3v) is 2.06. The number of azide groups is 1. The van der Waals surface area contributed by atoms with Crippen molar-refractivity contribution >= 4 is 0 Å². The van der Waals surface area contributed by atoms with Crippen LogP contribution in [0.25, 0.3) is 10.4 Å². The largest absolute Gasteiger partial charge is 0.392 e. The van der Waals surface area contributed by atoms with Gasteiger partial charge in [-0.05, 0) is 24.9 Å². The Morgan fingerprint density at radius 2 is 2.50 bits per heavy atom. The molecule has 1 saturated heterocycles. The number of aliphatic hydroxyl groups is 1. The number of likely N-dealkylation sites (tertiary alicyclic amines) is 1. The Balaban J connectivity index is 2.18. The number of nitrogens with zero attached hydrogens (tertiary/aromatic N) is 4. The minimum atomic E-state index is -0.190. The first-order chi connectivity index (χ1) is 5.83. The Bertz CT molecular complexity index is 178. The molecule has 0 aromatic carbocycles. The van der Waals surface area contributed by atoms with Gasteiger partial charge in [0.2, 0.25) is 0 Å². The Labute approximate surface area is 71.6 Å². The smallest absolute Gasteiger partial charge is 0.0667 e. The fraction of sp³-hybridized carbons (Fsp3) is 1.00. The van der Waals surface area contributed by atoms with Crippen LogP contribution in [-0.4, -0.2) is 42.3 Å². The van der Waals surface area contributed by atoms with E-state index in [4.69, 9.17) is 5.53 Å². The maximum atomic E-state index is 9.29. The summed E-state index contributed by atoms with van der Waals surface area (Å²) in [5.74, 6) is 0. The average Bonchev–Trinajstić information content (AvgIpc) is 2.05. The molecule has 0 spiro atoms. The molecule has 5 heteroatoms. The van der Waals surface area contributed by atoms with E-state index in [0.717, 1.165) is 32.5 Å². The van der Waals surface area contributed by atoms with Crippen molar-refractivity contribution in [2.24, 2.45) is 5.11 Å². The highest BCUT2D eigenvalue weighted by Gasteiger charge is 2.16. The summed E-state index contributed by atoms with van der Waals surface area (Å²) in [7, 11) is 0. The summed E-state index contributed by atoms with van der Waals surface area (Å²) in [5.41, 5.74) is 8.04. The lowest BCUT2D eigenvalue weighted by Crippen LogP contribution is -2.39. The van der Waals surface area contributed by atoms with Crippen molar-refractivity contribution in [1.82, 2.24) is 4.90 Å². The Morgan fingerprint density at radius 1 is 1.67 bits per heavy atom. The molecule has 0 aromatic rings. The van der Waals surface area contributed by atoms with Crippen LogP contribution in [0.4, 0.5) is 0 Å². The third-order valence-electron chi connectivity index (χ3n) is 2.06. The zero-order valence-electron chi connectivity index (χ0n) is 7.06. The van der Waals surface area contributed by atoms with Crippen molar-refractivity contribution in [3.8, 4) is 0 Å². The number of aliphatic hydroxyl groups excluding tert-OH is 1. The molecule has 1 atom stereocenters. The minimum Gasteiger partial charge on any atom is -0.392 e. The first-order valence-electron chi connectivity index (χ1n) is 4.24. The quantitative estimate of drug-likeness (QED) is 0.385. The number of hydrogen-bond donors (Lipinski definition) is 1. The normalized spacial score (nSPS) is 24.9. The predicted octanol–water partition coefficient (Wildman–Crippen LogP) is 0.753. The summed E-state index contributed by atoms with van der Waals surface area (Å²) in [4.78, 5) is 4.80. The van der Waals surface area contributed by atoms with E-state index in [2.05, 4.69) is 14.9 Å². The number of hydrogen-bond acceptors (Lipinski definition) is 3. The van der Waals surface area contributed by atoms with Crippen LogP contribution in [0.3, 0.4) is 0 Å². The molecule has 1 N–H and O–H groups in total. The number of β-amino-alcohol motifs (C(OH)–C–C–N with tert-alkyl or cyclic N) is 1.